The number of benzene rings is 3. The molecule has 0 aliphatic carbocycles. The van der Waals surface area contributed by atoms with E-state index in [9.17, 15) is 14.9 Å². The zero-order chi connectivity index (χ0) is 27.2. The molecule has 3 aromatic rings. The molecule has 0 aromatic heterocycles. The topological polar surface area (TPSA) is 101 Å². The van der Waals surface area contributed by atoms with Crippen LogP contribution in [0.2, 0.25) is 0 Å². The summed E-state index contributed by atoms with van der Waals surface area (Å²) in [4.78, 5) is 31.1. The number of nitriles is 1. The molecule has 0 N–H and O–H groups in total. The number of hydrogen-bond acceptors (Lipinski definition) is 8. The van der Waals surface area contributed by atoms with Gasteiger partial charge in [-0.15, -0.1) is 0 Å². The molecule has 4 rings (SSSR count). The normalized spacial score (nSPS) is 15.0. The van der Waals surface area contributed by atoms with Crippen molar-refractivity contribution in [2.24, 2.45) is 4.99 Å². The number of carbonyl (C=O) groups is 2. The minimum Gasteiger partial charge on any atom is -0.493 e. The lowest BCUT2D eigenvalue weighted by molar-refractivity contribution is -0.121. The van der Waals surface area contributed by atoms with Crippen molar-refractivity contribution in [2.45, 2.75) is 6.61 Å². The summed E-state index contributed by atoms with van der Waals surface area (Å²) in [7, 11) is 4.52. The molecule has 10 heteroatoms. The van der Waals surface area contributed by atoms with Crippen LogP contribution in [0.25, 0.3) is 6.08 Å². The number of amides is 1. The van der Waals surface area contributed by atoms with Crippen molar-refractivity contribution in [1.82, 2.24) is 4.90 Å². The average molecular weight is 592 g/mol. The van der Waals surface area contributed by atoms with Crippen molar-refractivity contribution < 1.29 is 23.8 Å². The van der Waals surface area contributed by atoms with Crippen LogP contribution in [-0.2, 0) is 16.1 Å². The fraction of sp³-hybridized carbons (Fsp3) is 0.143. The van der Waals surface area contributed by atoms with Crippen molar-refractivity contribution in [1.29, 1.82) is 5.26 Å². The highest BCUT2D eigenvalue weighted by Crippen LogP contribution is 2.38. The molecule has 1 aliphatic rings. The van der Waals surface area contributed by atoms with Gasteiger partial charge >= 0.3 is 5.97 Å². The number of hydrogen-bond donors (Lipinski definition) is 0. The first-order valence-electron chi connectivity index (χ1n) is 11.3. The largest absolute Gasteiger partial charge is 0.493 e. The van der Waals surface area contributed by atoms with E-state index in [0.29, 0.717) is 42.9 Å². The summed E-state index contributed by atoms with van der Waals surface area (Å²) < 4.78 is 16.9. The van der Waals surface area contributed by atoms with Gasteiger partial charge in [0.2, 0.25) is 0 Å². The summed E-state index contributed by atoms with van der Waals surface area (Å²) in [5.74, 6) is 0.355. The number of ether oxygens (including phenoxy) is 3. The molecular formula is C28H22BrN3O5S. The monoisotopic (exact) mass is 591 g/mol. The quantitative estimate of drug-likeness (QED) is 0.248. The fourth-order valence-electron chi connectivity index (χ4n) is 3.54. The lowest BCUT2D eigenvalue weighted by Gasteiger charge is -2.13. The molecule has 0 unspecified atom stereocenters. The zero-order valence-corrected chi connectivity index (χ0v) is 23.1. The van der Waals surface area contributed by atoms with Gasteiger partial charge in [-0.3, -0.25) is 9.69 Å². The van der Waals surface area contributed by atoms with Crippen LogP contribution in [0.4, 0.5) is 5.69 Å². The second-order valence-electron chi connectivity index (χ2n) is 7.99. The van der Waals surface area contributed by atoms with Crippen LogP contribution < -0.4 is 9.47 Å². The third-order valence-electron chi connectivity index (χ3n) is 5.61. The van der Waals surface area contributed by atoms with Gasteiger partial charge in [-0.05, 0) is 65.9 Å². The Morgan fingerprint density at radius 1 is 1.13 bits per heavy atom. The van der Waals surface area contributed by atoms with Crippen molar-refractivity contribution in [3.05, 3.63) is 92.3 Å². The lowest BCUT2D eigenvalue weighted by atomic mass is 10.1. The minimum atomic E-state index is -0.429. The van der Waals surface area contributed by atoms with Crippen LogP contribution in [0.15, 0.2) is 75.0 Å². The molecule has 1 aliphatic heterocycles. The number of halogens is 1. The first kappa shape index (κ1) is 27.0. The van der Waals surface area contributed by atoms with Crippen LogP contribution in [-0.4, -0.2) is 43.2 Å². The first-order valence-corrected chi connectivity index (χ1v) is 12.9. The maximum absolute atomic E-state index is 12.9. The maximum Gasteiger partial charge on any atom is 0.337 e. The zero-order valence-electron chi connectivity index (χ0n) is 20.7. The lowest BCUT2D eigenvalue weighted by Crippen LogP contribution is -2.23. The molecule has 0 atom stereocenters. The molecule has 3 aromatic carbocycles. The molecule has 0 bridgehead atoms. The number of esters is 1. The van der Waals surface area contributed by atoms with Gasteiger partial charge in [0.25, 0.3) is 5.91 Å². The summed E-state index contributed by atoms with van der Waals surface area (Å²) in [5, 5.41) is 9.82. The van der Waals surface area contributed by atoms with E-state index in [0.717, 1.165) is 11.1 Å². The molecule has 1 heterocycles. The van der Waals surface area contributed by atoms with Crippen molar-refractivity contribution >= 4 is 56.5 Å². The number of amidine groups is 1. The van der Waals surface area contributed by atoms with E-state index < -0.39 is 5.97 Å². The molecule has 1 saturated heterocycles. The summed E-state index contributed by atoms with van der Waals surface area (Å²) in [6.45, 7) is 0.201. The van der Waals surface area contributed by atoms with Crippen LogP contribution in [0.3, 0.4) is 0 Å². The molecule has 0 saturated carbocycles. The Bertz CT molecular complexity index is 1500. The maximum atomic E-state index is 12.9. The number of likely N-dealkylation sites (N-methyl/N-ethyl adjacent to an activating group) is 1. The molecule has 38 heavy (non-hydrogen) atoms. The van der Waals surface area contributed by atoms with Crippen LogP contribution in [0.5, 0.6) is 11.5 Å². The highest BCUT2D eigenvalue weighted by molar-refractivity contribution is 9.10. The van der Waals surface area contributed by atoms with E-state index >= 15 is 0 Å². The minimum absolute atomic E-state index is 0.195. The van der Waals surface area contributed by atoms with E-state index in [2.05, 4.69) is 27.0 Å². The molecular weight excluding hydrogens is 570 g/mol. The van der Waals surface area contributed by atoms with E-state index in [1.165, 1.54) is 30.9 Å². The number of aliphatic imine (C=N–C) groups is 1. The Morgan fingerprint density at radius 2 is 1.87 bits per heavy atom. The van der Waals surface area contributed by atoms with Gasteiger partial charge in [-0.1, -0.05) is 34.1 Å². The molecule has 1 fully saturated rings. The third-order valence-corrected chi connectivity index (χ3v) is 7.35. The van der Waals surface area contributed by atoms with Crippen LogP contribution in [0.1, 0.15) is 27.0 Å². The standard InChI is InChI=1S/C28H22BrN3O5S/c1-32-26(33)25(38-28(32)31-21-10-8-17(9-11-21)27(34)36-3)13-20-12-23(35-2)24(14-22(20)29)37-16-19-7-5-4-6-18(19)15-30/h4-14H,16H2,1-3H3. The predicted molar refractivity (Wildman–Crippen MR) is 149 cm³/mol. The van der Waals surface area contributed by atoms with Crippen molar-refractivity contribution in [3.63, 3.8) is 0 Å². The van der Waals surface area contributed by atoms with Gasteiger partial charge in [0, 0.05) is 17.1 Å². The Labute approximate surface area is 232 Å². The van der Waals surface area contributed by atoms with Gasteiger partial charge in [-0.25, -0.2) is 9.79 Å². The average Bonchev–Trinajstić information content (AvgIpc) is 3.20. The van der Waals surface area contributed by atoms with Gasteiger partial charge in [0.05, 0.1) is 42.0 Å². The SMILES string of the molecule is COC(=O)c1ccc(N=C2SC(=Cc3cc(OC)c(OCc4ccccc4C#N)cc3Br)C(=O)N2C)cc1. The summed E-state index contributed by atoms with van der Waals surface area (Å²) >= 11 is 4.81. The number of thioether (sulfide) groups is 1. The number of methoxy groups -OCH3 is 2. The first-order chi connectivity index (χ1) is 18.3. The molecule has 0 spiro atoms. The number of carbonyl (C=O) groups excluding carboxylic acids is 2. The molecule has 1 amide bonds. The Morgan fingerprint density at radius 3 is 2.55 bits per heavy atom. The fourth-order valence-corrected chi connectivity index (χ4v) is 4.95. The Hall–Kier alpha value is -4.07. The van der Waals surface area contributed by atoms with Crippen molar-refractivity contribution in [3.8, 4) is 17.6 Å². The Balaban J connectivity index is 1.55. The second-order valence-corrected chi connectivity index (χ2v) is 9.85. The molecule has 8 nitrogen and oxygen atoms in total. The van der Waals surface area contributed by atoms with Crippen LogP contribution >= 0.6 is 27.7 Å². The van der Waals surface area contributed by atoms with Crippen molar-refractivity contribution in [2.75, 3.05) is 21.3 Å². The number of rotatable bonds is 7. The molecule has 0 radical (unpaired) electrons. The third kappa shape index (κ3) is 5.90. The van der Waals surface area contributed by atoms with Crippen LogP contribution in [0, 0.1) is 11.3 Å². The van der Waals surface area contributed by atoms with E-state index in [-0.39, 0.29) is 12.5 Å². The van der Waals surface area contributed by atoms with Gasteiger partial charge in [0.1, 0.15) is 6.61 Å². The van der Waals surface area contributed by atoms with E-state index in [1.54, 1.807) is 61.7 Å². The molecule has 192 valence electrons. The summed E-state index contributed by atoms with van der Waals surface area (Å²) in [6, 6.07) is 19.6. The highest BCUT2D eigenvalue weighted by atomic mass is 79.9. The van der Waals surface area contributed by atoms with E-state index in [1.807, 2.05) is 12.1 Å². The smallest absolute Gasteiger partial charge is 0.337 e. The Kier molecular flexibility index (Phi) is 8.51. The number of nitrogens with zero attached hydrogens (tertiary/aromatic N) is 3. The second kappa shape index (κ2) is 12.0. The predicted octanol–water partition coefficient (Wildman–Crippen LogP) is 5.93. The van der Waals surface area contributed by atoms with Gasteiger partial charge in [-0.2, -0.15) is 5.26 Å². The van der Waals surface area contributed by atoms with E-state index in [4.69, 9.17) is 14.2 Å². The summed E-state index contributed by atoms with van der Waals surface area (Å²) in [6.07, 6.45) is 1.76. The van der Waals surface area contributed by atoms with Gasteiger partial charge in [0.15, 0.2) is 16.7 Å². The summed E-state index contributed by atoms with van der Waals surface area (Å²) in [5.41, 5.74) is 3.05. The highest BCUT2D eigenvalue weighted by Gasteiger charge is 2.30. The van der Waals surface area contributed by atoms with Gasteiger partial charge < -0.3 is 14.2 Å².